The summed E-state index contributed by atoms with van der Waals surface area (Å²) in [6, 6.07) is 10.0. The van der Waals surface area contributed by atoms with E-state index in [1.807, 2.05) is 30.3 Å². The molecule has 1 heterocycles. The van der Waals surface area contributed by atoms with Crippen molar-refractivity contribution in [3.63, 3.8) is 0 Å². The van der Waals surface area contributed by atoms with Gasteiger partial charge in [0.05, 0.1) is 0 Å². The van der Waals surface area contributed by atoms with Crippen LogP contribution in [-0.2, 0) is 4.79 Å². The van der Waals surface area contributed by atoms with Crippen LogP contribution in [0, 0.1) is 17.3 Å². The summed E-state index contributed by atoms with van der Waals surface area (Å²) in [5.74, 6) is 6.64. The van der Waals surface area contributed by atoms with Gasteiger partial charge in [-0.25, -0.2) is 0 Å². The Kier molecular flexibility index (Phi) is 5.24. The zero-order valence-corrected chi connectivity index (χ0v) is 12.2. The van der Waals surface area contributed by atoms with Crippen molar-refractivity contribution in [1.29, 1.82) is 0 Å². The lowest BCUT2D eigenvalue weighted by Crippen LogP contribution is -2.45. The molecule has 0 spiro atoms. The molecule has 0 radical (unpaired) electrons. The summed E-state index contributed by atoms with van der Waals surface area (Å²) in [4.78, 5) is 12.1. The highest BCUT2D eigenvalue weighted by atomic mass is 16.2. The molecule has 20 heavy (non-hydrogen) atoms. The number of carbonyl (C=O) groups excluding carboxylic acids is 1. The highest BCUT2D eigenvalue weighted by molar-refractivity contribution is 5.83. The summed E-state index contributed by atoms with van der Waals surface area (Å²) in [5.41, 5.74) is 0.931. The minimum Gasteiger partial charge on any atom is -0.356 e. The third-order valence-corrected chi connectivity index (χ3v) is 4.24. The second-order valence-electron chi connectivity index (χ2n) is 5.51. The van der Waals surface area contributed by atoms with E-state index >= 15 is 0 Å². The largest absolute Gasteiger partial charge is 0.356 e. The van der Waals surface area contributed by atoms with Crippen molar-refractivity contribution in [3.05, 3.63) is 35.9 Å². The van der Waals surface area contributed by atoms with Crippen molar-refractivity contribution in [2.24, 2.45) is 5.41 Å². The third-order valence-electron chi connectivity index (χ3n) is 4.24. The van der Waals surface area contributed by atoms with Crippen LogP contribution in [0.15, 0.2) is 30.3 Å². The smallest absolute Gasteiger partial charge is 0.226 e. The second-order valence-corrected chi connectivity index (χ2v) is 5.51. The molecule has 1 unspecified atom stereocenters. The fourth-order valence-electron chi connectivity index (χ4n) is 2.88. The number of hydrogen-bond acceptors (Lipinski definition) is 1. The molecular weight excluding hydrogens is 246 g/mol. The number of piperidine rings is 1. The van der Waals surface area contributed by atoms with Gasteiger partial charge >= 0.3 is 0 Å². The quantitative estimate of drug-likeness (QED) is 0.657. The maximum Gasteiger partial charge on any atom is 0.226 e. The van der Waals surface area contributed by atoms with Gasteiger partial charge < -0.3 is 5.32 Å². The van der Waals surface area contributed by atoms with Gasteiger partial charge in [0, 0.05) is 23.9 Å². The van der Waals surface area contributed by atoms with Gasteiger partial charge in [0.15, 0.2) is 0 Å². The predicted molar refractivity (Wildman–Crippen MR) is 82.1 cm³/mol. The van der Waals surface area contributed by atoms with E-state index < -0.39 is 0 Å². The van der Waals surface area contributed by atoms with E-state index in [0.29, 0.717) is 0 Å². The van der Waals surface area contributed by atoms with Gasteiger partial charge in [0.2, 0.25) is 5.91 Å². The first-order valence-corrected chi connectivity index (χ1v) is 7.59. The molecule has 2 rings (SSSR count). The zero-order chi connectivity index (χ0) is 14.3. The van der Waals surface area contributed by atoms with Crippen LogP contribution in [0.4, 0.5) is 0 Å². The molecule has 1 saturated heterocycles. The van der Waals surface area contributed by atoms with E-state index in [0.717, 1.165) is 50.6 Å². The zero-order valence-electron chi connectivity index (χ0n) is 12.2. The molecule has 0 aliphatic carbocycles. The summed E-state index contributed by atoms with van der Waals surface area (Å²) >= 11 is 0. The van der Waals surface area contributed by atoms with Gasteiger partial charge in [0.25, 0.3) is 0 Å². The van der Waals surface area contributed by atoms with Crippen molar-refractivity contribution >= 4 is 5.91 Å². The normalized spacial score (nSPS) is 21.8. The van der Waals surface area contributed by atoms with Crippen LogP contribution >= 0.6 is 0 Å². The second kappa shape index (κ2) is 7.14. The minimum absolute atomic E-state index is 0.132. The first-order chi connectivity index (χ1) is 9.77. The molecular formula is C18H23NO. The molecule has 0 bridgehead atoms. The lowest BCUT2D eigenvalue weighted by atomic mass is 9.74. The van der Waals surface area contributed by atoms with Gasteiger partial charge in [-0.3, -0.25) is 4.79 Å². The number of unbranched alkanes of at least 4 members (excludes halogenated alkanes) is 1. The van der Waals surface area contributed by atoms with E-state index in [2.05, 4.69) is 24.1 Å². The van der Waals surface area contributed by atoms with Gasteiger partial charge in [-0.1, -0.05) is 37.0 Å². The van der Waals surface area contributed by atoms with E-state index in [1.54, 1.807) is 0 Å². The van der Waals surface area contributed by atoms with E-state index in [4.69, 9.17) is 0 Å². The minimum atomic E-state index is -0.132. The SMILES string of the molecule is CCC1(CCCC#Cc2ccccc2)CCCNC1=O. The Hall–Kier alpha value is -1.75. The predicted octanol–water partition coefficient (Wildman–Crippen LogP) is 3.51. The van der Waals surface area contributed by atoms with Crippen LogP contribution in [0.2, 0.25) is 0 Å². The molecule has 1 aliphatic heterocycles. The van der Waals surface area contributed by atoms with Gasteiger partial charge in [-0.15, -0.1) is 0 Å². The van der Waals surface area contributed by atoms with Crippen LogP contribution in [0.5, 0.6) is 0 Å². The molecule has 1 fully saturated rings. The number of carbonyl (C=O) groups is 1. The molecule has 0 saturated carbocycles. The fraction of sp³-hybridized carbons (Fsp3) is 0.500. The monoisotopic (exact) mass is 269 g/mol. The van der Waals surface area contributed by atoms with Crippen LogP contribution in [0.25, 0.3) is 0 Å². The molecule has 1 aliphatic rings. The molecule has 1 amide bonds. The summed E-state index contributed by atoms with van der Waals surface area (Å²) < 4.78 is 0. The Balaban J connectivity index is 1.83. The van der Waals surface area contributed by atoms with Crippen molar-refractivity contribution in [2.45, 2.75) is 45.4 Å². The van der Waals surface area contributed by atoms with Crippen molar-refractivity contribution < 1.29 is 4.79 Å². The maximum absolute atomic E-state index is 12.1. The van der Waals surface area contributed by atoms with Crippen molar-refractivity contribution in [2.75, 3.05) is 6.54 Å². The van der Waals surface area contributed by atoms with Gasteiger partial charge in [-0.05, 0) is 44.2 Å². The first-order valence-electron chi connectivity index (χ1n) is 7.59. The molecule has 1 N–H and O–H groups in total. The summed E-state index contributed by atoms with van der Waals surface area (Å²) in [7, 11) is 0. The topological polar surface area (TPSA) is 29.1 Å². The molecule has 2 heteroatoms. The first kappa shape index (κ1) is 14.7. The van der Waals surface area contributed by atoms with E-state index in [1.165, 1.54) is 0 Å². The highest BCUT2D eigenvalue weighted by Crippen LogP contribution is 2.36. The lowest BCUT2D eigenvalue weighted by Gasteiger charge is -2.35. The van der Waals surface area contributed by atoms with Gasteiger partial charge in [-0.2, -0.15) is 0 Å². The molecule has 1 aromatic rings. The molecule has 106 valence electrons. The van der Waals surface area contributed by atoms with E-state index in [-0.39, 0.29) is 11.3 Å². The number of rotatable bonds is 4. The van der Waals surface area contributed by atoms with Crippen LogP contribution < -0.4 is 5.32 Å². The number of benzene rings is 1. The lowest BCUT2D eigenvalue weighted by molar-refractivity contribution is -0.134. The summed E-state index contributed by atoms with van der Waals surface area (Å²) in [6.07, 6.45) is 5.89. The van der Waals surface area contributed by atoms with E-state index in [9.17, 15) is 4.79 Å². The van der Waals surface area contributed by atoms with Crippen molar-refractivity contribution in [1.82, 2.24) is 5.32 Å². The standard InChI is InChI=1S/C18H23NO/c1-2-18(14-9-15-19-17(18)20)13-8-4-7-12-16-10-5-3-6-11-16/h3,5-6,10-11H,2,4,8-9,13-15H2,1H3,(H,19,20). The Bertz CT molecular complexity index is 497. The number of nitrogens with one attached hydrogen (secondary N) is 1. The highest BCUT2D eigenvalue weighted by Gasteiger charge is 2.37. The van der Waals surface area contributed by atoms with Gasteiger partial charge in [0.1, 0.15) is 0 Å². The maximum atomic E-state index is 12.1. The molecule has 0 aromatic heterocycles. The third kappa shape index (κ3) is 3.63. The number of amides is 1. The number of hydrogen-bond donors (Lipinski definition) is 1. The van der Waals surface area contributed by atoms with Crippen molar-refractivity contribution in [3.8, 4) is 11.8 Å². The van der Waals surface area contributed by atoms with Crippen LogP contribution in [0.1, 0.15) is 51.0 Å². The summed E-state index contributed by atoms with van der Waals surface area (Å²) in [5, 5.41) is 3.02. The Labute approximate surface area is 122 Å². The molecule has 1 aromatic carbocycles. The molecule has 1 atom stereocenters. The Morgan fingerprint density at radius 2 is 2.10 bits per heavy atom. The average molecular weight is 269 g/mol. The average Bonchev–Trinajstić information content (AvgIpc) is 2.50. The summed E-state index contributed by atoms with van der Waals surface area (Å²) in [6.45, 7) is 2.97. The van der Waals surface area contributed by atoms with Crippen LogP contribution in [0.3, 0.4) is 0 Å². The Morgan fingerprint density at radius 1 is 1.30 bits per heavy atom. The Morgan fingerprint density at radius 3 is 2.80 bits per heavy atom. The molecule has 2 nitrogen and oxygen atoms in total. The fourth-order valence-corrected chi connectivity index (χ4v) is 2.88. The van der Waals surface area contributed by atoms with Crippen LogP contribution in [-0.4, -0.2) is 12.5 Å².